The van der Waals surface area contributed by atoms with Crippen molar-refractivity contribution in [1.29, 1.82) is 0 Å². The topological polar surface area (TPSA) is 80.3 Å². The normalized spacial score (nSPS) is 13.0. The Labute approximate surface area is 178 Å². The van der Waals surface area contributed by atoms with E-state index in [1.807, 2.05) is 38.2 Å². The van der Waals surface area contributed by atoms with E-state index in [2.05, 4.69) is 0 Å². The molecule has 0 aromatic rings. The molecule has 0 saturated carbocycles. The summed E-state index contributed by atoms with van der Waals surface area (Å²) >= 11 is 10.8. The number of carboxylic acids is 2. The minimum Gasteiger partial charge on any atom is -0.549 e. The molecule has 0 aliphatic rings. The minimum absolute atomic E-state index is 0. The van der Waals surface area contributed by atoms with E-state index in [9.17, 15) is 19.8 Å². The number of unbranched alkanes of at least 4 members (excludes halogenated alkanes) is 2. The molecule has 0 N–H and O–H groups in total. The van der Waals surface area contributed by atoms with Gasteiger partial charge in [-0.3, -0.25) is 0 Å². The smallest absolute Gasteiger partial charge is 0.549 e. The molecule has 0 spiro atoms. The molecule has 0 rings (SSSR count). The fourth-order valence-corrected chi connectivity index (χ4v) is 1.71. The van der Waals surface area contributed by atoms with Crippen LogP contribution in [0.2, 0.25) is 0 Å². The van der Waals surface area contributed by atoms with Crippen LogP contribution in [0, 0.1) is 0 Å². The van der Waals surface area contributed by atoms with Gasteiger partial charge in [0, 0.05) is 0 Å². The Morgan fingerprint density at radius 3 is 1.39 bits per heavy atom. The number of hydrogen-bond donors (Lipinski definition) is 0. The van der Waals surface area contributed by atoms with Gasteiger partial charge in [0.1, 0.15) is 0 Å². The molecule has 0 aliphatic heterocycles. The molecular formula is C16H24CaCl2O4. The van der Waals surface area contributed by atoms with Crippen molar-refractivity contribution in [1.82, 2.24) is 0 Å². The SMILES string of the molecule is C/C=C/CCCC(Cl)C(=O)[O-].C/C=C/CCCC(Cl)C(=O)[O-].[Ca+2]. The molecule has 0 saturated heterocycles. The van der Waals surface area contributed by atoms with Crippen molar-refractivity contribution in [2.24, 2.45) is 0 Å². The predicted octanol–water partition coefficient (Wildman–Crippen LogP) is 1.80. The summed E-state index contributed by atoms with van der Waals surface area (Å²) in [5.74, 6) is -2.35. The Bertz CT molecular complexity index is 326. The minimum atomic E-state index is -1.17. The monoisotopic (exact) mass is 390 g/mol. The van der Waals surface area contributed by atoms with Gasteiger partial charge in [0.2, 0.25) is 0 Å². The van der Waals surface area contributed by atoms with Crippen LogP contribution >= 0.6 is 23.2 Å². The summed E-state index contributed by atoms with van der Waals surface area (Å²) in [6, 6.07) is 0. The van der Waals surface area contributed by atoms with Gasteiger partial charge in [0.05, 0.1) is 22.7 Å². The van der Waals surface area contributed by atoms with Crippen LogP contribution < -0.4 is 10.2 Å². The first-order valence-corrected chi connectivity index (χ1v) is 8.16. The zero-order chi connectivity index (χ0) is 17.4. The molecule has 0 amide bonds. The summed E-state index contributed by atoms with van der Waals surface area (Å²) in [5.41, 5.74) is 0. The Balaban J connectivity index is -0.000000333. The van der Waals surface area contributed by atoms with Crippen molar-refractivity contribution in [3.8, 4) is 0 Å². The van der Waals surface area contributed by atoms with Crippen LogP contribution in [-0.4, -0.2) is 60.4 Å². The van der Waals surface area contributed by atoms with Crippen LogP contribution in [0.3, 0.4) is 0 Å². The Hall–Kier alpha value is 0.260. The van der Waals surface area contributed by atoms with Crippen LogP contribution in [0.25, 0.3) is 0 Å². The van der Waals surface area contributed by atoms with E-state index >= 15 is 0 Å². The molecule has 0 radical (unpaired) electrons. The van der Waals surface area contributed by atoms with Crippen LogP contribution in [0.5, 0.6) is 0 Å². The number of carboxylic acid groups (broad SMARTS) is 2. The van der Waals surface area contributed by atoms with Gasteiger partial charge in [0.25, 0.3) is 0 Å². The van der Waals surface area contributed by atoms with E-state index in [1.54, 1.807) is 0 Å². The molecule has 7 heteroatoms. The van der Waals surface area contributed by atoms with Crippen LogP contribution in [0.1, 0.15) is 52.4 Å². The van der Waals surface area contributed by atoms with Gasteiger partial charge in [-0.25, -0.2) is 0 Å². The van der Waals surface area contributed by atoms with E-state index < -0.39 is 22.7 Å². The second-order valence-corrected chi connectivity index (χ2v) is 5.63. The molecule has 0 aromatic heterocycles. The maximum Gasteiger partial charge on any atom is 2.00 e. The molecule has 0 aromatic carbocycles. The molecule has 0 heterocycles. The van der Waals surface area contributed by atoms with Crippen LogP contribution in [0.15, 0.2) is 24.3 Å². The van der Waals surface area contributed by atoms with Crippen molar-refractivity contribution in [2.75, 3.05) is 0 Å². The molecule has 0 bridgehead atoms. The number of carbonyl (C=O) groups excluding carboxylic acids is 2. The van der Waals surface area contributed by atoms with E-state index in [1.165, 1.54) is 0 Å². The molecule has 128 valence electrons. The molecule has 2 unspecified atom stereocenters. The standard InChI is InChI=1S/2C8H13ClO2.Ca/c2*1-2-3-4-5-6-7(9)8(10)11;/h2*2-3,7H,4-6H2,1H3,(H,10,11);/q;;+2/p-2/b2*3-2+;. The molecular weight excluding hydrogens is 367 g/mol. The van der Waals surface area contributed by atoms with E-state index in [-0.39, 0.29) is 37.7 Å². The van der Waals surface area contributed by atoms with Gasteiger partial charge in [-0.05, 0) is 52.4 Å². The molecule has 4 nitrogen and oxygen atoms in total. The Morgan fingerprint density at radius 2 is 1.17 bits per heavy atom. The summed E-state index contributed by atoms with van der Waals surface area (Å²) < 4.78 is 0. The summed E-state index contributed by atoms with van der Waals surface area (Å²) in [4.78, 5) is 20.2. The molecule has 0 aliphatic carbocycles. The van der Waals surface area contributed by atoms with Crippen molar-refractivity contribution in [3.05, 3.63) is 24.3 Å². The average molecular weight is 391 g/mol. The third-order valence-corrected chi connectivity index (χ3v) is 3.43. The predicted molar refractivity (Wildman–Crippen MR) is 92.4 cm³/mol. The summed E-state index contributed by atoms with van der Waals surface area (Å²) in [6.45, 7) is 3.86. The first-order chi connectivity index (χ1) is 10.4. The summed E-state index contributed by atoms with van der Waals surface area (Å²) in [5, 5.41) is 18.5. The second kappa shape index (κ2) is 20.3. The number of carbonyl (C=O) groups is 2. The second-order valence-electron chi connectivity index (χ2n) is 4.57. The first-order valence-electron chi connectivity index (χ1n) is 7.28. The van der Waals surface area contributed by atoms with Gasteiger partial charge in [-0.15, -0.1) is 23.2 Å². The Morgan fingerprint density at radius 1 is 0.870 bits per heavy atom. The largest absolute Gasteiger partial charge is 2.00 e. The van der Waals surface area contributed by atoms with E-state index in [0.29, 0.717) is 12.8 Å². The fraction of sp³-hybridized carbons (Fsp3) is 0.625. The van der Waals surface area contributed by atoms with Crippen molar-refractivity contribution >= 4 is 72.9 Å². The summed E-state index contributed by atoms with van der Waals surface area (Å²) in [7, 11) is 0. The zero-order valence-electron chi connectivity index (χ0n) is 13.8. The molecule has 2 atom stereocenters. The van der Waals surface area contributed by atoms with E-state index in [0.717, 1.165) is 25.7 Å². The summed E-state index contributed by atoms with van der Waals surface area (Å²) in [6.07, 6.45) is 12.2. The average Bonchev–Trinajstić information content (AvgIpc) is 2.48. The number of alkyl halides is 2. The van der Waals surface area contributed by atoms with E-state index in [4.69, 9.17) is 23.2 Å². The zero-order valence-corrected chi connectivity index (χ0v) is 17.5. The van der Waals surface area contributed by atoms with Gasteiger partial charge in [-0.1, -0.05) is 24.3 Å². The van der Waals surface area contributed by atoms with Crippen LogP contribution in [-0.2, 0) is 9.59 Å². The van der Waals surface area contributed by atoms with Crippen molar-refractivity contribution < 1.29 is 19.8 Å². The molecule has 0 fully saturated rings. The third kappa shape index (κ3) is 22.3. The Kier molecular flexibility index (Phi) is 24.8. The maximum absolute atomic E-state index is 10.1. The first kappa shape index (κ1) is 28.1. The van der Waals surface area contributed by atoms with Gasteiger partial charge in [-0.2, -0.15) is 0 Å². The maximum atomic E-state index is 10.1. The number of allylic oxidation sites excluding steroid dienone is 4. The van der Waals surface area contributed by atoms with Crippen molar-refractivity contribution in [2.45, 2.75) is 63.1 Å². The number of rotatable bonds is 10. The van der Waals surface area contributed by atoms with Crippen LogP contribution in [0.4, 0.5) is 0 Å². The van der Waals surface area contributed by atoms with Crippen molar-refractivity contribution in [3.63, 3.8) is 0 Å². The fourth-order valence-electron chi connectivity index (χ4n) is 1.40. The third-order valence-electron chi connectivity index (χ3n) is 2.64. The number of aliphatic carboxylic acids is 2. The molecule has 23 heavy (non-hydrogen) atoms. The number of halogens is 2. The number of hydrogen-bond acceptors (Lipinski definition) is 4. The quantitative estimate of drug-likeness (QED) is 0.246. The van der Waals surface area contributed by atoms with Gasteiger partial charge in [0.15, 0.2) is 0 Å². The van der Waals surface area contributed by atoms with Gasteiger partial charge >= 0.3 is 37.7 Å². The van der Waals surface area contributed by atoms with Gasteiger partial charge < -0.3 is 19.8 Å².